The lowest BCUT2D eigenvalue weighted by molar-refractivity contribution is 0.0544. The zero-order chi connectivity index (χ0) is 35.3. The quantitative estimate of drug-likeness (QED) is 0.185. The van der Waals surface area contributed by atoms with Gasteiger partial charge in [0.2, 0.25) is 0 Å². The lowest BCUT2D eigenvalue weighted by Gasteiger charge is -2.39. The van der Waals surface area contributed by atoms with Gasteiger partial charge in [0.15, 0.2) is 0 Å². The number of anilines is 1. The highest BCUT2D eigenvalue weighted by Gasteiger charge is 2.24. The van der Waals surface area contributed by atoms with E-state index in [4.69, 9.17) is 4.74 Å². The molecule has 3 heterocycles. The van der Waals surface area contributed by atoms with Crippen molar-refractivity contribution < 1.29 is 14.2 Å². The van der Waals surface area contributed by atoms with Crippen LogP contribution in [0, 0.1) is 18.7 Å². The van der Waals surface area contributed by atoms with Gasteiger partial charge in [-0.05, 0) is 90.4 Å². The molecule has 2 aromatic carbocycles. The lowest BCUT2D eigenvalue weighted by Crippen LogP contribution is -2.50. The van der Waals surface area contributed by atoms with Crippen LogP contribution in [0.3, 0.4) is 0 Å². The molecule has 50 heavy (non-hydrogen) atoms. The molecule has 2 fully saturated rings. The maximum atomic E-state index is 13.6. The Labute approximate surface area is 297 Å². The van der Waals surface area contributed by atoms with Crippen LogP contribution in [0.15, 0.2) is 101 Å². The highest BCUT2D eigenvalue weighted by Crippen LogP contribution is 2.28. The number of β-amino-alcohol motifs (C(OH)–C–C–N with tert-alkyl or cyclic N) is 1. The third-order valence-electron chi connectivity index (χ3n) is 9.36. The molecule has 6 rings (SSSR count). The Morgan fingerprint density at radius 2 is 1.88 bits per heavy atom. The number of piperazine rings is 1. The van der Waals surface area contributed by atoms with Crippen LogP contribution in [0.4, 0.5) is 10.1 Å². The largest absolute Gasteiger partial charge is 0.489 e. The van der Waals surface area contributed by atoms with Crippen molar-refractivity contribution in [2.24, 2.45) is 15.9 Å². The van der Waals surface area contributed by atoms with E-state index in [-0.39, 0.29) is 12.4 Å². The van der Waals surface area contributed by atoms with Crippen LogP contribution in [-0.4, -0.2) is 83.6 Å². The number of nitrogens with zero attached hydrogens (tertiary/aromatic N) is 5. The van der Waals surface area contributed by atoms with Gasteiger partial charge in [0, 0.05) is 69.5 Å². The highest BCUT2D eigenvalue weighted by molar-refractivity contribution is 6.13. The number of aromatic nitrogens is 1. The van der Waals surface area contributed by atoms with E-state index in [0.29, 0.717) is 19.6 Å². The molecule has 266 valence electrons. The topological polar surface area (TPSA) is 77.6 Å². The molecule has 0 amide bonds. The first-order chi connectivity index (χ1) is 24.4. The second-order valence-electron chi connectivity index (χ2n) is 13.1. The van der Waals surface area contributed by atoms with E-state index in [1.807, 2.05) is 57.3 Å². The Hall–Kier alpha value is -4.31. The predicted molar refractivity (Wildman–Crippen MR) is 205 cm³/mol. The zero-order valence-corrected chi connectivity index (χ0v) is 29.9. The molecule has 1 aromatic heterocycles. The monoisotopic (exact) mass is 680 g/mol. The van der Waals surface area contributed by atoms with Crippen LogP contribution >= 0.6 is 0 Å². The molecule has 3 aromatic rings. The number of nitrogens with one attached hydrogen (secondary N) is 1. The molecule has 1 atom stereocenters. The number of aliphatic hydroxyl groups excluding tert-OH is 1. The third kappa shape index (κ3) is 10.6. The van der Waals surface area contributed by atoms with Gasteiger partial charge < -0.3 is 24.6 Å². The molecule has 3 aliphatic rings. The first-order valence-corrected chi connectivity index (χ1v) is 18.1. The number of rotatable bonds is 13. The minimum atomic E-state index is -0.439. The Morgan fingerprint density at radius 3 is 2.60 bits per heavy atom. The third-order valence-corrected chi connectivity index (χ3v) is 9.36. The second kappa shape index (κ2) is 18.6. The number of aryl methyl sites for hydroxylation is 1. The van der Waals surface area contributed by atoms with E-state index in [2.05, 4.69) is 54.6 Å². The summed E-state index contributed by atoms with van der Waals surface area (Å²) in [5, 5.41) is 14.4. The molecule has 0 spiro atoms. The smallest absolute Gasteiger partial charge is 0.137 e. The summed E-state index contributed by atoms with van der Waals surface area (Å²) in [7, 11) is 0. The maximum Gasteiger partial charge on any atom is 0.137 e. The lowest BCUT2D eigenvalue weighted by atomic mass is 9.85. The summed E-state index contributed by atoms with van der Waals surface area (Å²) in [6, 6.07) is 14.4. The molecule has 1 unspecified atom stereocenters. The van der Waals surface area contributed by atoms with Crippen molar-refractivity contribution in [1.29, 1.82) is 0 Å². The summed E-state index contributed by atoms with van der Waals surface area (Å²) in [6.45, 7) is 17.4. The van der Waals surface area contributed by atoms with E-state index in [9.17, 15) is 9.50 Å². The van der Waals surface area contributed by atoms with Crippen molar-refractivity contribution in [2.75, 3.05) is 51.1 Å². The Morgan fingerprint density at radius 1 is 1.08 bits per heavy atom. The molecule has 2 N–H and O–H groups in total. The van der Waals surface area contributed by atoms with Gasteiger partial charge in [-0.3, -0.25) is 9.89 Å². The van der Waals surface area contributed by atoms with E-state index in [1.54, 1.807) is 18.5 Å². The molecule has 8 nitrogen and oxygen atoms in total. The summed E-state index contributed by atoms with van der Waals surface area (Å²) in [4.78, 5) is 14.0. The molecule has 1 saturated carbocycles. The fourth-order valence-corrected chi connectivity index (χ4v) is 6.50. The predicted octanol–water partition coefficient (Wildman–Crippen LogP) is 7.37. The van der Waals surface area contributed by atoms with Crippen LogP contribution < -0.4 is 10.1 Å². The van der Waals surface area contributed by atoms with Crippen LogP contribution in [0.25, 0.3) is 5.57 Å². The number of aliphatic imine (C=N–C) groups is 2. The number of aliphatic hydroxyl groups is 1. The molecular formula is C41H53FN6O2. The van der Waals surface area contributed by atoms with Crippen LogP contribution in [0.5, 0.6) is 5.75 Å². The first-order valence-electron chi connectivity index (χ1n) is 18.1. The van der Waals surface area contributed by atoms with Gasteiger partial charge in [-0.15, -0.1) is 0 Å². The summed E-state index contributed by atoms with van der Waals surface area (Å²) in [5.41, 5.74) is 5.57. The fourth-order valence-electron chi connectivity index (χ4n) is 6.50. The minimum Gasteiger partial charge on any atom is -0.489 e. The van der Waals surface area contributed by atoms with Crippen molar-refractivity contribution in [2.45, 2.75) is 59.3 Å². The first kappa shape index (κ1) is 37.0. The van der Waals surface area contributed by atoms with E-state index < -0.39 is 6.10 Å². The van der Waals surface area contributed by atoms with Crippen molar-refractivity contribution >= 4 is 23.4 Å². The van der Waals surface area contributed by atoms with E-state index >= 15 is 0 Å². The van der Waals surface area contributed by atoms with Gasteiger partial charge in [0.1, 0.15) is 30.3 Å². The van der Waals surface area contributed by atoms with Crippen LogP contribution in [0.2, 0.25) is 0 Å². The number of benzene rings is 2. The maximum absolute atomic E-state index is 13.6. The molecular weight excluding hydrogens is 627 g/mol. The summed E-state index contributed by atoms with van der Waals surface area (Å²) >= 11 is 0. The molecule has 1 saturated heterocycles. The van der Waals surface area contributed by atoms with Gasteiger partial charge in [0.25, 0.3) is 0 Å². The second-order valence-corrected chi connectivity index (χ2v) is 13.1. The van der Waals surface area contributed by atoms with E-state index in [0.717, 1.165) is 77.2 Å². The van der Waals surface area contributed by atoms with E-state index in [1.165, 1.54) is 37.9 Å². The van der Waals surface area contributed by atoms with Gasteiger partial charge in [-0.1, -0.05) is 51.1 Å². The fraction of sp³-hybridized carbons (Fsp3) is 0.415. The van der Waals surface area contributed by atoms with Gasteiger partial charge in [-0.2, -0.15) is 0 Å². The van der Waals surface area contributed by atoms with Crippen molar-refractivity contribution in [1.82, 2.24) is 14.4 Å². The van der Waals surface area contributed by atoms with Crippen molar-refractivity contribution in [3.63, 3.8) is 0 Å². The van der Waals surface area contributed by atoms with Gasteiger partial charge in [-0.25, -0.2) is 9.38 Å². The van der Waals surface area contributed by atoms with Gasteiger partial charge in [0.05, 0.1) is 12.6 Å². The number of hydrogen-bond acceptors (Lipinski definition) is 7. The van der Waals surface area contributed by atoms with Crippen molar-refractivity contribution in [3.05, 3.63) is 114 Å². The SMILES string of the molecule is C=C/C=C(\C=C1/CN=CN=C1Nc1ccc(OCc2cccc(F)c2)c(C)c1)c1ccn(CC(O)CN2CCN(CC3CCC3)CC2)c1.CC. The van der Waals surface area contributed by atoms with Crippen LogP contribution in [-0.2, 0) is 13.2 Å². The molecule has 0 bridgehead atoms. The van der Waals surface area contributed by atoms with Crippen LogP contribution in [0.1, 0.15) is 49.8 Å². The number of ether oxygens (including phenoxy) is 1. The number of allylic oxidation sites excluding steroid dienone is 4. The highest BCUT2D eigenvalue weighted by atomic mass is 19.1. The number of amidine groups is 1. The summed E-state index contributed by atoms with van der Waals surface area (Å²) in [6.07, 6.45) is 15.3. The van der Waals surface area contributed by atoms with Gasteiger partial charge >= 0.3 is 0 Å². The Bertz CT molecular complexity index is 1680. The minimum absolute atomic E-state index is 0.274. The normalized spacial score (nSPS) is 18.5. The number of halogens is 1. The average molecular weight is 681 g/mol. The number of hydrogen-bond donors (Lipinski definition) is 2. The Balaban J connectivity index is 0.00000239. The molecule has 0 radical (unpaired) electrons. The summed E-state index contributed by atoms with van der Waals surface area (Å²) < 4.78 is 21.6. The Kier molecular flexibility index (Phi) is 13.8. The summed E-state index contributed by atoms with van der Waals surface area (Å²) in [5.74, 6) is 2.09. The van der Waals surface area contributed by atoms with Crippen molar-refractivity contribution in [3.8, 4) is 5.75 Å². The molecule has 2 aliphatic heterocycles. The molecule has 1 aliphatic carbocycles. The average Bonchev–Trinajstić information content (AvgIpc) is 3.56. The zero-order valence-electron chi connectivity index (χ0n) is 29.9. The molecule has 9 heteroatoms. The standard InChI is InChI=1S/C39H47FN6O2.C2H6/c1-3-6-32(33-13-14-46(24-33)26-37(47)25-45-17-15-44(16-18-45)23-30-7-4-8-30)21-34-22-41-28-42-39(34)43-36-11-12-38(29(2)19-36)48-27-31-9-5-10-35(40)20-31;1-2/h3,5-6,9-14,19-21,24,28,30,37,47H,1,4,7-8,15-18,22-23,25-27H2,2H3,(H,41,42,43);1-2H3/b32-6+,34-21+;.